The molecule has 2 amide bonds. The van der Waals surface area contributed by atoms with Crippen LogP contribution in [0.15, 0.2) is 97.1 Å². The van der Waals surface area contributed by atoms with Crippen molar-refractivity contribution in [3.63, 3.8) is 0 Å². The number of carboxylic acid groups (broad SMARTS) is 2. The lowest BCUT2D eigenvalue weighted by Gasteiger charge is -2.36. The predicted octanol–water partition coefficient (Wildman–Crippen LogP) is 9.10. The molecule has 0 aliphatic carbocycles. The number of anilines is 2. The van der Waals surface area contributed by atoms with Crippen molar-refractivity contribution in [3.05, 3.63) is 131 Å². The van der Waals surface area contributed by atoms with Gasteiger partial charge in [-0.25, -0.2) is 4.39 Å². The molecule has 1 unspecified atom stereocenters. The molecule has 0 bridgehead atoms. The topological polar surface area (TPSA) is 173 Å². The molecule has 1 atom stereocenters. The quantitative estimate of drug-likeness (QED) is 0.0790. The fourth-order valence-corrected chi connectivity index (χ4v) is 9.98. The van der Waals surface area contributed by atoms with Crippen LogP contribution in [0.2, 0.25) is 0 Å². The van der Waals surface area contributed by atoms with Crippen LogP contribution in [0.1, 0.15) is 78.6 Å². The summed E-state index contributed by atoms with van der Waals surface area (Å²) in [5.41, 5.74) is 6.23. The Morgan fingerprint density at radius 1 is 0.676 bits per heavy atom. The number of carbonyl (C=O) groups excluding carboxylic acids is 2. The van der Waals surface area contributed by atoms with Crippen LogP contribution in [0.4, 0.5) is 14.7 Å². The second-order valence-electron chi connectivity index (χ2n) is 17.3. The van der Waals surface area contributed by atoms with Crippen molar-refractivity contribution in [1.82, 2.24) is 30.2 Å². The summed E-state index contributed by atoms with van der Waals surface area (Å²) >= 11 is 2.74. The minimum absolute atomic E-state index is 0.0201. The zero-order valence-electron chi connectivity index (χ0n) is 38.6. The van der Waals surface area contributed by atoms with E-state index in [0.717, 1.165) is 77.2 Å². The molecule has 2 aromatic heterocycles. The predicted molar refractivity (Wildman–Crippen MR) is 263 cm³/mol. The van der Waals surface area contributed by atoms with Gasteiger partial charge in [-0.05, 0) is 67.1 Å². The molecule has 8 rings (SSSR count). The van der Waals surface area contributed by atoms with Crippen molar-refractivity contribution in [2.24, 2.45) is 11.8 Å². The number of benzene rings is 4. The highest BCUT2D eigenvalue weighted by molar-refractivity contribution is 7.19. The fourth-order valence-electron chi connectivity index (χ4n) is 8.13. The first-order valence-electron chi connectivity index (χ1n) is 23.1. The van der Waals surface area contributed by atoms with Crippen LogP contribution >= 0.6 is 22.7 Å². The number of carbonyl (C=O) groups is 4. The summed E-state index contributed by atoms with van der Waals surface area (Å²) in [5.74, 6) is -2.93. The minimum Gasteiger partial charge on any atom is -0.481 e. The molecule has 2 aliphatic rings. The van der Waals surface area contributed by atoms with Crippen LogP contribution in [0.25, 0.3) is 21.1 Å². The van der Waals surface area contributed by atoms with E-state index in [1.165, 1.54) is 39.7 Å². The summed E-state index contributed by atoms with van der Waals surface area (Å²) in [7, 11) is 0. The summed E-state index contributed by atoms with van der Waals surface area (Å²) < 4.78 is 14.2. The van der Waals surface area contributed by atoms with Crippen LogP contribution in [0, 0.1) is 24.6 Å². The van der Waals surface area contributed by atoms with Gasteiger partial charge in [0.15, 0.2) is 0 Å². The van der Waals surface area contributed by atoms with Crippen molar-refractivity contribution in [2.45, 2.75) is 72.4 Å². The number of nitrogens with zero attached hydrogens (tertiary/aromatic N) is 8. The normalized spacial score (nSPS) is 15.0. The standard InChI is InChI=1S/C26H30N4O3S.C25H27FN4O3S/c1-3-4-12-30(23(31)14-19-8-6-5-7-9-19)26-28-27-24(34-26)22-11-10-20(13-18(22)2)15-29-16-21(17-29)25(32)33;1-2-3-13-30(23(31)20-6-4-5-7-21(20)26)25-28-27-22(34-25)18-10-8-17(9-11-18)15-29-14-12-19(16-29)24(32)33/h5-11,13,21H,3-4,12,14-17H2,1-2H3,(H,32,33);4-11,19H,2-3,12-16H2,1H3,(H,32,33). The molecule has 4 aromatic carbocycles. The highest BCUT2D eigenvalue weighted by Gasteiger charge is 2.32. The SMILES string of the molecule is CCCCN(C(=O)Cc1ccccc1)c1nnc(-c2ccc(CN3CC(C(=O)O)C3)cc2C)s1.CCCCN(C(=O)c1ccccc1F)c1nnc(-c2ccc(CN3CCC(C(=O)O)C3)cc2)s1. The van der Waals surface area contributed by atoms with Gasteiger partial charge in [-0.2, -0.15) is 0 Å². The third-order valence-electron chi connectivity index (χ3n) is 12.1. The summed E-state index contributed by atoms with van der Waals surface area (Å²) in [4.78, 5) is 55.9. The van der Waals surface area contributed by atoms with E-state index in [1.54, 1.807) is 17.0 Å². The molecular formula is C51H57FN8O6S2. The van der Waals surface area contributed by atoms with Crippen molar-refractivity contribution in [1.29, 1.82) is 0 Å². The van der Waals surface area contributed by atoms with E-state index in [1.807, 2.05) is 74.5 Å². The van der Waals surface area contributed by atoms with E-state index in [4.69, 9.17) is 5.11 Å². The fraction of sp³-hybridized carbons (Fsp3) is 0.373. The Bertz CT molecular complexity index is 2660. The first-order valence-corrected chi connectivity index (χ1v) is 24.7. The number of halogens is 1. The van der Waals surface area contributed by atoms with Gasteiger partial charge in [-0.3, -0.25) is 38.8 Å². The summed E-state index contributed by atoms with van der Waals surface area (Å²) in [6.07, 6.45) is 4.57. The molecule has 0 saturated carbocycles. The molecule has 356 valence electrons. The van der Waals surface area contributed by atoms with Gasteiger partial charge in [0, 0.05) is 56.9 Å². The number of aromatic nitrogens is 4. The third-order valence-corrected chi connectivity index (χ3v) is 14.0. The lowest BCUT2D eigenvalue weighted by Crippen LogP contribution is -2.49. The van der Waals surface area contributed by atoms with Gasteiger partial charge in [-0.15, -0.1) is 20.4 Å². The molecule has 14 nitrogen and oxygen atoms in total. The second-order valence-corrected chi connectivity index (χ2v) is 19.2. The number of rotatable bonds is 19. The number of hydrogen-bond donors (Lipinski definition) is 2. The highest BCUT2D eigenvalue weighted by Crippen LogP contribution is 2.34. The van der Waals surface area contributed by atoms with Gasteiger partial charge >= 0.3 is 11.9 Å². The average molecular weight is 961 g/mol. The van der Waals surface area contributed by atoms with E-state index >= 15 is 0 Å². The Kier molecular flexibility index (Phi) is 17.3. The summed E-state index contributed by atoms with van der Waals surface area (Å²) in [5, 5.41) is 38.1. The first kappa shape index (κ1) is 49.6. The highest BCUT2D eigenvalue weighted by atomic mass is 32.1. The number of aliphatic carboxylic acids is 2. The van der Waals surface area contributed by atoms with E-state index in [-0.39, 0.29) is 23.3 Å². The zero-order chi connectivity index (χ0) is 48.2. The Labute approximate surface area is 404 Å². The molecule has 2 N–H and O–H groups in total. The maximum Gasteiger partial charge on any atom is 0.309 e. The number of carboxylic acids is 2. The molecule has 2 aliphatic heterocycles. The van der Waals surface area contributed by atoms with E-state index < -0.39 is 23.7 Å². The monoisotopic (exact) mass is 960 g/mol. The van der Waals surface area contributed by atoms with Crippen LogP contribution < -0.4 is 9.80 Å². The number of hydrogen-bond acceptors (Lipinski definition) is 12. The molecular weight excluding hydrogens is 904 g/mol. The van der Waals surface area contributed by atoms with Gasteiger partial charge in [0.2, 0.25) is 16.2 Å². The second kappa shape index (κ2) is 23.6. The van der Waals surface area contributed by atoms with Crippen LogP contribution in [0.3, 0.4) is 0 Å². The van der Waals surface area contributed by atoms with Crippen LogP contribution in [0.5, 0.6) is 0 Å². The van der Waals surface area contributed by atoms with Gasteiger partial charge < -0.3 is 10.2 Å². The van der Waals surface area contributed by atoms with E-state index in [2.05, 4.69) is 49.3 Å². The number of amides is 2. The lowest BCUT2D eigenvalue weighted by molar-refractivity contribution is -0.147. The third kappa shape index (κ3) is 12.8. The van der Waals surface area contributed by atoms with E-state index in [0.29, 0.717) is 67.4 Å². The van der Waals surface area contributed by atoms with Gasteiger partial charge in [0.1, 0.15) is 15.8 Å². The lowest BCUT2D eigenvalue weighted by atomic mass is 9.98. The van der Waals surface area contributed by atoms with E-state index in [9.17, 15) is 28.7 Å². The molecule has 0 spiro atoms. The van der Waals surface area contributed by atoms with Crippen molar-refractivity contribution in [2.75, 3.05) is 49.1 Å². The maximum atomic E-state index is 14.2. The first-order chi connectivity index (χ1) is 32.9. The zero-order valence-corrected chi connectivity index (χ0v) is 40.2. The van der Waals surface area contributed by atoms with Gasteiger partial charge in [0.25, 0.3) is 5.91 Å². The summed E-state index contributed by atoms with van der Waals surface area (Å²) in [6.45, 7) is 11.2. The number of aryl methyl sites for hydroxylation is 1. The maximum absolute atomic E-state index is 14.2. The van der Waals surface area contributed by atoms with Crippen LogP contribution in [-0.4, -0.2) is 103 Å². The summed E-state index contributed by atoms with van der Waals surface area (Å²) in [6, 6.07) is 29.9. The number of likely N-dealkylation sites (tertiary alicyclic amines) is 2. The molecule has 4 heterocycles. The molecule has 17 heteroatoms. The Balaban J connectivity index is 0.000000201. The average Bonchev–Trinajstić information content (AvgIpc) is 4.12. The Hall–Kier alpha value is -6.27. The smallest absolute Gasteiger partial charge is 0.309 e. The molecule has 0 radical (unpaired) electrons. The largest absolute Gasteiger partial charge is 0.481 e. The van der Waals surface area contributed by atoms with Crippen LogP contribution in [-0.2, 0) is 33.9 Å². The number of unbranched alkanes of at least 4 members (excludes halogenated alkanes) is 2. The molecule has 2 saturated heterocycles. The van der Waals surface area contributed by atoms with Gasteiger partial charge in [-0.1, -0.05) is 134 Å². The van der Waals surface area contributed by atoms with Gasteiger partial charge in [0.05, 0.1) is 23.8 Å². The molecule has 6 aromatic rings. The Morgan fingerprint density at radius 3 is 1.91 bits per heavy atom. The van der Waals surface area contributed by atoms with Crippen molar-refractivity contribution >= 4 is 56.7 Å². The minimum atomic E-state index is -0.730. The Morgan fingerprint density at radius 2 is 1.26 bits per heavy atom. The molecule has 68 heavy (non-hydrogen) atoms. The van der Waals surface area contributed by atoms with Crippen molar-refractivity contribution in [3.8, 4) is 21.1 Å². The van der Waals surface area contributed by atoms with Crippen molar-refractivity contribution < 1.29 is 33.8 Å². The molecule has 2 fully saturated rings.